The summed E-state index contributed by atoms with van der Waals surface area (Å²) >= 11 is 0. The summed E-state index contributed by atoms with van der Waals surface area (Å²) in [6.45, 7) is 1.16. The lowest BCUT2D eigenvalue weighted by Crippen LogP contribution is -2.46. The first-order valence-corrected chi connectivity index (χ1v) is 7.81. The van der Waals surface area contributed by atoms with Crippen molar-refractivity contribution >= 4 is 11.7 Å². The van der Waals surface area contributed by atoms with Gasteiger partial charge in [0.2, 0.25) is 11.8 Å². The minimum Gasteiger partial charge on any atom is -0.382 e. The molecule has 0 bridgehead atoms. The van der Waals surface area contributed by atoms with E-state index in [2.05, 4.69) is 9.97 Å². The molecule has 2 heterocycles. The van der Waals surface area contributed by atoms with Gasteiger partial charge in [0.25, 0.3) is 0 Å². The van der Waals surface area contributed by atoms with Gasteiger partial charge in [-0.25, -0.2) is 13.8 Å². The third-order valence-electron chi connectivity index (χ3n) is 4.51. The van der Waals surface area contributed by atoms with Gasteiger partial charge in [0.05, 0.1) is 13.2 Å². The fraction of sp³-hybridized carbons (Fsp3) is 0.667. The van der Waals surface area contributed by atoms with E-state index in [4.69, 9.17) is 10.5 Å². The maximum absolute atomic E-state index is 13.2. The Bertz CT molecular complexity index is 574. The number of carbonyl (C=O) groups excluding carboxylic acids is 1. The molecule has 1 saturated heterocycles. The number of ether oxygens (including phenoxy) is 1. The maximum atomic E-state index is 13.2. The fourth-order valence-corrected chi connectivity index (χ4v) is 3.17. The van der Waals surface area contributed by atoms with Crippen molar-refractivity contribution in [2.24, 2.45) is 5.92 Å². The summed E-state index contributed by atoms with van der Waals surface area (Å²) in [6, 6.07) is 0. The fourth-order valence-electron chi connectivity index (χ4n) is 3.17. The van der Waals surface area contributed by atoms with Crippen molar-refractivity contribution in [3.63, 3.8) is 0 Å². The number of hydrogen-bond donors (Lipinski definition) is 1. The van der Waals surface area contributed by atoms with Crippen LogP contribution in [0.3, 0.4) is 0 Å². The van der Waals surface area contributed by atoms with Gasteiger partial charge in [0.1, 0.15) is 17.6 Å². The number of rotatable bonds is 2. The van der Waals surface area contributed by atoms with E-state index >= 15 is 0 Å². The second-order valence-corrected chi connectivity index (χ2v) is 6.10. The van der Waals surface area contributed by atoms with Gasteiger partial charge in [0.15, 0.2) is 0 Å². The number of hydrogen-bond acceptors (Lipinski definition) is 5. The molecular formula is C15H20F2N4O2. The summed E-state index contributed by atoms with van der Waals surface area (Å²) in [5.74, 6) is -2.74. The topological polar surface area (TPSA) is 81.3 Å². The van der Waals surface area contributed by atoms with Crippen LogP contribution in [0, 0.1) is 5.92 Å². The quantitative estimate of drug-likeness (QED) is 0.896. The molecule has 1 atom stereocenters. The van der Waals surface area contributed by atoms with Gasteiger partial charge in [-0.1, -0.05) is 0 Å². The van der Waals surface area contributed by atoms with Crippen molar-refractivity contribution in [2.45, 2.75) is 37.7 Å². The standard InChI is InChI=1S/C15H20F2N4O2/c16-15(17)3-1-10(2-4-15)14(22)21-7-8-23-11(9-21)12-13(18)20-6-5-19-12/h5-6,10-11H,1-4,7-9H2,(H2,18,20)/t11-/m1/s1. The second-order valence-electron chi connectivity index (χ2n) is 6.10. The monoisotopic (exact) mass is 326 g/mol. The Morgan fingerprint density at radius 2 is 2.00 bits per heavy atom. The van der Waals surface area contributed by atoms with Gasteiger partial charge in [-0.2, -0.15) is 0 Å². The van der Waals surface area contributed by atoms with Crippen LogP contribution in [0.1, 0.15) is 37.5 Å². The molecule has 1 saturated carbocycles. The largest absolute Gasteiger partial charge is 0.382 e. The van der Waals surface area contributed by atoms with Crippen LogP contribution in [0.5, 0.6) is 0 Å². The summed E-state index contributed by atoms with van der Waals surface area (Å²) < 4.78 is 32.1. The predicted octanol–water partition coefficient (Wildman–Crippen LogP) is 1.78. The minimum atomic E-state index is -2.63. The predicted molar refractivity (Wildman–Crippen MR) is 78.6 cm³/mol. The highest BCUT2D eigenvalue weighted by Gasteiger charge is 2.39. The molecule has 0 aromatic carbocycles. The van der Waals surface area contributed by atoms with Gasteiger partial charge in [-0.3, -0.25) is 9.78 Å². The highest BCUT2D eigenvalue weighted by atomic mass is 19.3. The van der Waals surface area contributed by atoms with Crippen molar-refractivity contribution < 1.29 is 18.3 Å². The zero-order chi connectivity index (χ0) is 16.4. The lowest BCUT2D eigenvalue weighted by Gasteiger charge is -2.36. The molecular weight excluding hydrogens is 306 g/mol. The van der Waals surface area contributed by atoms with Crippen LogP contribution < -0.4 is 5.73 Å². The number of halogens is 2. The van der Waals surface area contributed by atoms with Crippen LogP contribution in [0.2, 0.25) is 0 Å². The summed E-state index contributed by atoms with van der Waals surface area (Å²) in [5, 5.41) is 0. The van der Waals surface area contributed by atoms with Gasteiger partial charge >= 0.3 is 0 Å². The van der Waals surface area contributed by atoms with E-state index in [9.17, 15) is 13.6 Å². The Morgan fingerprint density at radius 3 is 2.70 bits per heavy atom. The lowest BCUT2D eigenvalue weighted by atomic mass is 9.85. The van der Waals surface area contributed by atoms with Crippen molar-refractivity contribution in [3.05, 3.63) is 18.1 Å². The highest BCUT2D eigenvalue weighted by molar-refractivity contribution is 5.79. The average Bonchev–Trinajstić information content (AvgIpc) is 2.55. The molecule has 2 N–H and O–H groups in total. The number of morpholine rings is 1. The van der Waals surface area contributed by atoms with Crippen LogP contribution in [-0.4, -0.2) is 46.4 Å². The van der Waals surface area contributed by atoms with Crippen molar-refractivity contribution in [2.75, 3.05) is 25.4 Å². The third-order valence-corrected chi connectivity index (χ3v) is 4.51. The first-order chi connectivity index (χ1) is 11.0. The molecule has 0 unspecified atom stereocenters. The number of alkyl halides is 2. The van der Waals surface area contributed by atoms with E-state index in [0.29, 0.717) is 25.4 Å². The molecule has 126 valence electrons. The SMILES string of the molecule is Nc1nccnc1[C@H]1CN(C(=O)C2CCC(F)(F)CC2)CCO1. The van der Waals surface area contributed by atoms with Crippen LogP contribution in [0.15, 0.2) is 12.4 Å². The molecule has 3 rings (SSSR count). The van der Waals surface area contributed by atoms with Crippen LogP contribution >= 0.6 is 0 Å². The maximum Gasteiger partial charge on any atom is 0.248 e. The van der Waals surface area contributed by atoms with Gasteiger partial charge in [0, 0.05) is 37.7 Å². The number of amides is 1. The van der Waals surface area contributed by atoms with Crippen molar-refractivity contribution in [3.8, 4) is 0 Å². The van der Waals surface area contributed by atoms with Crippen LogP contribution in [-0.2, 0) is 9.53 Å². The Morgan fingerprint density at radius 1 is 1.30 bits per heavy atom. The highest BCUT2D eigenvalue weighted by Crippen LogP contribution is 2.37. The van der Waals surface area contributed by atoms with Gasteiger partial charge < -0.3 is 15.4 Å². The zero-order valence-corrected chi connectivity index (χ0v) is 12.8. The summed E-state index contributed by atoms with van der Waals surface area (Å²) in [6.07, 6.45) is 2.64. The van der Waals surface area contributed by atoms with E-state index in [1.54, 1.807) is 4.90 Å². The molecule has 1 aliphatic carbocycles. The minimum absolute atomic E-state index is 0.0729. The Hall–Kier alpha value is -1.83. The van der Waals surface area contributed by atoms with Crippen LogP contribution in [0.25, 0.3) is 0 Å². The second kappa shape index (κ2) is 6.35. The van der Waals surface area contributed by atoms with Gasteiger partial charge in [-0.05, 0) is 12.8 Å². The van der Waals surface area contributed by atoms with E-state index in [1.807, 2.05) is 0 Å². The van der Waals surface area contributed by atoms with E-state index in [0.717, 1.165) is 0 Å². The first-order valence-electron chi connectivity index (χ1n) is 7.81. The summed E-state index contributed by atoms with van der Waals surface area (Å²) in [5.41, 5.74) is 6.32. The average molecular weight is 326 g/mol. The molecule has 23 heavy (non-hydrogen) atoms. The molecule has 0 spiro atoms. The zero-order valence-electron chi connectivity index (χ0n) is 12.8. The summed E-state index contributed by atoms with van der Waals surface area (Å²) in [7, 11) is 0. The van der Waals surface area contributed by atoms with Gasteiger partial charge in [-0.15, -0.1) is 0 Å². The normalized spacial score (nSPS) is 25.3. The number of nitrogens with two attached hydrogens (primary N) is 1. The third kappa shape index (κ3) is 3.57. The number of carbonyl (C=O) groups is 1. The summed E-state index contributed by atoms with van der Waals surface area (Å²) in [4.78, 5) is 22.4. The van der Waals surface area contributed by atoms with Crippen molar-refractivity contribution in [1.29, 1.82) is 0 Å². The number of nitrogens with zero attached hydrogens (tertiary/aromatic N) is 3. The Balaban J connectivity index is 1.65. The Labute approximate surface area is 133 Å². The molecule has 2 fully saturated rings. The Kier molecular flexibility index (Phi) is 4.43. The molecule has 1 aromatic heterocycles. The number of aromatic nitrogens is 2. The smallest absolute Gasteiger partial charge is 0.248 e. The molecule has 1 aliphatic heterocycles. The van der Waals surface area contributed by atoms with E-state index in [-0.39, 0.29) is 43.3 Å². The molecule has 2 aliphatic rings. The molecule has 1 aromatic rings. The van der Waals surface area contributed by atoms with Crippen molar-refractivity contribution in [1.82, 2.24) is 14.9 Å². The van der Waals surface area contributed by atoms with Crippen LogP contribution in [0.4, 0.5) is 14.6 Å². The molecule has 1 amide bonds. The van der Waals surface area contributed by atoms with E-state index in [1.165, 1.54) is 12.4 Å². The number of nitrogen functional groups attached to an aromatic ring is 1. The first kappa shape index (κ1) is 16.0. The lowest BCUT2D eigenvalue weighted by molar-refractivity contribution is -0.147. The molecule has 0 radical (unpaired) electrons. The number of anilines is 1. The molecule has 8 heteroatoms. The van der Waals surface area contributed by atoms with E-state index < -0.39 is 12.0 Å². The molecule has 6 nitrogen and oxygen atoms in total.